The van der Waals surface area contributed by atoms with Gasteiger partial charge in [0, 0.05) is 12.8 Å². The summed E-state index contributed by atoms with van der Waals surface area (Å²) in [6.07, 6.45) is 10.8. The van der Waals surface area contributed by atoms with Crippen molar-refractivity contribution in [3.05, 3.63) is 35.5 Å². The van der Waals surface area contributed by atoms with Gasteiger partial charge in [0.1, 0.15) is 0 Å². The molecule has 0 radical (unpaired) electrons. The highest BCUT2D eigenvalue weighted by Crippen LogP contribution is 2.57. The second-order valence-corrected chi connectivity index (χ2v) is 7.97. The normalized spacial score (nSPS) is 46.3. The van der Waals surface area contributed by atoms with Crippen molar-refractivity contribution in [1.82, 2.24) is 0 Å². The highest BCUT2D eigenvalue weighted by Gasteiger charge is 2.46. The zero-order chi connectivity index (χ0) is 15.9. The van der Waals surface area contributed by atoms with Gasteiger partial charge in [0.15, 0.2) is 0 Å². The third-order valence-corrected chi connectivity index (χ3v) is 6.72. The number of hydrogen-bond acceptors (Lipinski definition) is 2. The monoisotopic (exact) mass is 302 g/mol. The average molecular weight is 302 g/mol. The summed E-state index contributed by atoms with van der Waals surface area (Å²) in [4.78, 5) is 0. The standard InChI is InChI=1S/C20H30O2/c1-13-11-18(21)19(22)12-16(13)8-7-15-5-4-10-20(3)14(2)6-9-17(15)20/h7-8,14,17-19,21-22H,1,4-6,9-12H2,2-3H3/b15-7+,16-8-/t14?,17?,18-,19-,20?/m1/s1. The molecule has 122 valence electrons. The summed E-state index contributed by atoms with van der Waals surface area (Å²) in [6.45, 7) is 8.97. The van der Waals surface area contributed by atoms with E-state index in [0.717, 1.165) is 23.0 Å². The maximum Gasteiger partial charge on any atom is 0.0842 e. The molecule has 2 N–H and O–H groups in total. The third kappa shape index (κ3) is 2.72. The van der Waals surface area contributed by atoms with E-state index < -0.39 is 12.2 Å². The second kappa shape index (κ2) is 5.98. The SMILES string of the molecule is C=C1C[C@@H](O)[C@H](O)C/C1=C/C=C1\CCCC2(C)C(C)CCC12. The van der Waals surface area contributed by atoms with Crippen molar-refractivity contribution in [3.63, 3.8) is 0 Å². The van der Waals surface area contributed by atoms with Gasteiger partial charge in [-0.3, -0.25) is 0 Å². The molecular formula is C20H30O2. The molecule has 0 spiro atoms. The van der Waals surface area contributed by atoms with E-state index in [-0.39, 0.29) is 0 Å². The summed E-state index contributed by atoms with van der Waals surface area (Å²) < 4.78 is 0. The number of aliphatic hydroxyl groups excluding tert-OH is 2. The van der Waals surface area contributed by atoms with Gasteiger partial charge in [0.25, 0.3) is 0 Å². The number of hydrogen-bond donors (Lipinski definition) is 2. The van der Waals surface area contributed by atoms with E-state index in [4.69, 9.17) is 0 Å². The average Bonchev–Trinajstić information content (AvgIpc) is 2.78. The largest absolute Gasteiger partial charge is 0.390 e. The van der Waals surface area contributed by atoms with Crippen molar-refractivity contribution in [2.45, 2.75) is 71.0 Å². The molecule has 3 rings (SSSR count). The predicted octanol–water partition coefficient (Wildman–Crippen LogP) is 4.15. The lowest BCUT2D eigenvalue weighted by Gasteiger charge is -2.41. The van der Waals surface area contributed by atoms with Gasteiger partial charge in [-0.25, -0.2) is 0 Å². The molecule has 3 saturated carbocycles. The van der Waals surface area contributed by atoms with Crippen LogP contribution in [0.25, 0.3) is 0 Å². The highest BCUT2D eigenvalue weighted by molar-refractivity contribution is 5.37. The van der Waals surface area contributed by atoms with Gasteiger partial charge < -0.3 is 10.2 Å². The van der Waals surface area contributed by atoms with Crippen LogP contribution in [-0.4, -0.2) is 22.4 Å². The predicted molar refractivity (Wildman–Crippen MR) is 90.4 cm³/mol. The van der Waals surface area contributed by atoms with Crippen LogP contribution in [0.1, 0.15) is 58.8 Å². The molecule has 0 saturated heterocycles. The lowest BCUT2D eigenvalue weighted by Crippen LogP contribution is -2.32. The quantitative estimate of drug-likeness (QED) is 0.764. The van der Waals surface area contributed by atoms with Crippen molar-refractivity contribution in [2.75, 3.05) is 0 Å². The Morgan fingerprint density at radius 1 is 1.14 bits per heavy atom. The second-order valence-electron chi connectivity index (χ2n) is 7.97. The Morgan fingerprint density at radius 3 is 2.64 bits per heavy atom. The van der Waals surface area contributed by atoms with Gasteiger partial charge in [0.05, 0.1) is 12.2 Å². The van der Waals surface area contributed by atoms with Crippen LogP contribution in [0.4, 0.5) is 0 Å². The van der Waals surface area contributed by atoms with Crippen LogP contribution in [-0.2, 0) is 0 Å². The van der Waals surface area contributed by atoms with E-state index in [2.05, 4.69) is 32.6 Å². The van der Waals surface area contributed by atoms with Gasteiger partial charge in [0.2, 0.25) is 0 Å². The van der Waals surface area contributed by atoms with Crippen molar-refractivity contribution in [1.29, 1.82) is 0 Å². The molecule has 22 heavy (non-hydrogen) atoms. The van der Waals surface area contributed by atoms with E-state index >= 15 is 0 Å². The molecule has 0 heterocycles. The van der Waals surface area contributed by atoms with Crippen molar-refractivity contribution in [3.8, 4) is 0 Å². The number of fused-ring (bicyclic) bond motifs is 1. The van der Waals surface area contributed by atoms with E-state index in [9.17, 15) is 10.2 Å². The Hall–Kier alpha value is -0.860. The molecule has 3 unspecified atom stereocenters. The minimum absolute atomic E-state index is 0.488. The molecule has 0 aliphatic heterocycles. The van der Waals surface area contributed by atoms with Crippen LogP contribution < -0.4 is 0 Å². The number of rotatable bonds is 1. The smallest absolute Gasteiger partial charge is 0.0842 e. The molecule has 0 aromatic carbocycles. The summed E-state index contributed by atoms with van der Waals surface area (Å²) in [5, 5.41) is 19.6. The van der Waals surface area contributed by atoms with Gasteiger partial charge in [-0.1, -0.05) is 38.2 Å². The number of aliphatic hydroxyl groups is 2. The van der Waals surface area contributed by atoms with Gasteiger partial charge in [-0.15, -0.1) is 0 Å². The van der Waals surface area contributed by atoms with Crippen LogP contribution in [0.15, 0.2) is 35.5 Å². The Kier molecular flexibility index (Phi) is 4.35. The van der Waals surface area contributed by atoms with Gasteiger partial charge >= 0.3 is 0 Å². The Labute approximate surface area is 134 Å². The molecule has 3 aliphatic rings. The zero-order valence-corrected chi connectivity index (χ0v) is 14.0. The fourth-order valence-corrected chi connectivity index (χ4v) is 4.92. The Morgan fingerprint density at radius 2 is 1.86 bits per heavy atom. The van der Waals surface area contributed by atoms with E-state index in [0.29, 0.717) is 18.3 Å². The molecule has 3 aliphatic carbocycles. The highest BCUT2D eigenvalue weighted by atomic mass is 16.3. The summed E-state index contributed by atoms with van der Waals surface area (Å²) >= 11 is 0. The zero-order valence-electron chi connectivity index (χ0n) is 14.0. The van der Waals surface area contributed by atoms with Crippen LogP contribution in [0.2, 0.25) is 0 Å². The first-order chi connectivity index (χ1) is 10.4. The maximum absolute atomic E-state index is 9.88. The molecular weight excluding hydrogens is 272 g/mol. The fourth-order valence-electron chi connectivity index (χ4n) is 4.92. The first kappa shape index (κ1) is 16.0. The fraction of sp³-hybridized carbons (Fsp3) is 0.700. The van der Waals surface area contributed by atoms with E-state index in [1.165, 1.54) is 32.1 Å². The van der Waals surface area contributed by atoms with Crippen LogP contribution in [0, 0.1) is 17.3 Å². The first-order valence-corrected chi connectivity index (χ1v) is 8.85. The van der Waals surface area contributed by atoms with Crippen molar-refractivity contribution in [2.24, 2.45) is 17.3 Å². The summed E-state index contributed by atoms with van der Waals surface area (Å²) in [5.74, 6) is 1.57. The molecule has 5 atom stereocenters. The van der Waals surface area contributed by atoms with Crippen LogP contribution in [0.5, 0.6) is 0 Å². The minimum Gasteiger partial charge on any atom is -0.390 e. The lowest BCUT2D eigenvalue weighted by atomic mass is 9.64. The lowest BCUT2D eigenvalue weighted by molar-refractivity contribution is 0.0138. The third-order valence-electron chi connectivity index (χ3n) is 6.72. The molecule has 3 fully saturated rings. The van der Waals surface area contributed by atoms with Crippen molar-refractivity contribution >= 4 is 0 Å². The van der Waals surface area contributed by atoms with Gasteiger partial charge in [-0.2, -0.15) is 0 Å². The summed E-state index contributed by atoms with van der Waals surface area (Å²) in [5.41, 5.74) is 4.18. The summed E-state index contributed by atoms with van der Waals surface area (Å²) in [7, 11) is 0. The Bertz CT molecular complexity index is 516. The molecule has 0 bridgehead atoms. The molecule has 2 nitrogen and oxygen atoms in total. The molecule has 0 amide bonds. The molecule has 2 heteroatoms. The van der Waals surface area contributed by atoms with E-state index in [1.54, 1.807) is 5.57 Å². The topological polar surface area (TPSA) is 40.5 Å². The van der Waals surface area contributed by atoms with E-state index in [1.807, 2.05) is 0 Å². The minimum atomic E-state index is -0.647. The van der Waals surface area contributed by atoms with Gasteiger partial charge in [-0.05, 0) is 60.5 Å². The summed E-state index contributed by atoms with van der Waals surface area (Å²) in [6, 6.07) is 0. The first-order valence-electron chi connectivity index (χ1n) is 8.85. The maximum atomic E-state index is 9.88. The van der Waals surface area contributed by atoms with Crippen LogP contribution in [0.3, 0.4) is 0 Å². The Balaban J connectivity index is 1.80. The molecule has 0 aromatic heterocycles. The number of allylic oxidation sites excluding steroid dienone is 3. The molecule has 0 aromatic rings. The van der Waals surface area contributed by atoms with Crippen LogP contribution >= 0.6 is 0 Å². The van der Waals surface area contributed by atoms with Crippen molar-refractivity contribution < 1.29 is 10.2 Å².